The van der Waals surface area contributed by atoms with Crippen LogP contribution in [-0.2, 0) is 4.79 Å². The normalized spacial score (nSPS) is 11.7. The second-order valence-electron chi connectivity index (χ2n) is 1.81. The van der Waals surface area contributed by atoms with Gasteiger partial charge in [0.05, 0.1) is 0 Å². The van der Waals surface area contributed by atoms with E-state index in [4.69, 9.17) is 5.73 Å². The number of carbonyl (C=O) groups excluding carboxylic acids is 1. The van der Waals surface area contributed by atoms with Crippen LogP contribution < -0.4 is 11.2 Å². The summed E-state index contributed by atoms with van der Waals surface area (Å²) in [6, 6.07) is -0.114. The van der Waals surface area contributed by atoms with E-state index < -0.39 is 0 Å². The van der Waals surface area contributed by atoms with Gasteiger partial charge in [0.25, 0.3) is 0 Å². The average molecular weight is 159 g/mol. The Morgan fingerprint density at radius 2 is 2.09 bits per heavy atom. The van der Waals surface area contributed by atoms with Crippen LogP contribution in [0, 0.1) is 0 Å². The van der Waals surface area contributed by atoms with E-state index in [0.717, 1.165) is 0 Å². The summed E-state index contributed by atoms with van der Waals surface area (Å²) in [5.41, 5.74) is 7.51. The number of hydrazone groups is 1. The van der Waals surface area contributed by atoms with E-state index in [1.54, 1.807) is 6.92 Å². The smallest absolute Gasteiger partial charge is 0.236 e. The van der Waals surface area contributed by atoms with Crippen LogP contribution in [0.5, 0.6) is 0 Å². The molecule has 0 rings (SSSR count). The van der Waals surface area contributed by atoms with Crippen LogP contribution in [0.3, 0.4) is 0 Å². The minimum atomic E-state index is -0.188. The van der Waals surface area contributed by atoms with Crippen molar-refractivity contribution in [3.8, 4) is 0 Å². The van der Waals surface area contributed by atoms with Gasteiger partial charge in [0, 0.05) is 19.2 Å². The van der Waals surface area contributed by atoms with Gasteiger partial charge in [-0.2, -0.15) is 5.10 Å². The van der Waals surface area contributed by atoms with Crippen LogP contribution in [-0.4, -0.2) is 18.2 Å². The standard InChI is InChI=1S/C5H11N3O.C2H6/c1-4(6)3-7-8-5(2)9;1-2/h3-4H,6H2,1-2H3,(H,8,9);1-2H3/b7-3+;. The van der Waals surface area contributed by atoms with E-state index in [2.05, 4.69) is 10.5 Å². The summed E-state index contributed by atoms with van der Waals surface area (Å²) in [5.74, 6) is -0.188. The zero-order valence-corrected chi connectivity index (χ0v) is 7.59. The molecule has 0 saturated carbocycles. The number of hydrogen-bond donors (Lipinski definition) is 2. The maximum Gasteiger partial charge on any atom is 0.236 e. The molecule has 3 N–H and O–H groups in total. The molecule has 0 bridgehead atoms. The Labute approximate surface area is 67.9 Å². The lowest BCUT2D eigenvalue weighted by atomic mass is 10.4. The molecule has 0 aliphatic heterocycles. The van der Waals surface area contributed by atoms with Gasteiger partial charge in [0.15, 0.2) is 0 Å². The monoisotopic (exact) mass is 159 g/mol. The second-order valence-corrected chi connectivity index (χ2v) is 1.81. The SMILES string of the molecule is CC.CC(=O)N/N=C/C(C)N. The average Bonchev–Trinajstić information content (AvgIpc) is 1.90. The predicted octanol–water partition coefficient (Wildman–Crippen LogP) is 0.482. The Hall–Kier alpha value is -0.900. The van der Waals surface area contributed by atoms with E-state index in [1.165, 1.54) is 13.1 Å². The molecule has 0 fully saturated rings. The molecule has 1 atom stereocenters. The lowest BCUT2D eigenvalue weighted by Crippen LogP contribution is -2.20. The first-order valence-corrected chi connectivity index (χ1v) is 3.68. The van der Waals surface area contributed by atoms with Crippen molar-refractivity contribution >= 4 is 12.1 Å². The maximum absolute atomic E-state index is 10.2. The largest absolute Gasteiger partial charge is 0.323 e. The summed E-state index contributed by atoms with van der Waals surface area (Å²) in [5, 5.41) is 3.52. The molecule has 0 aliphatic carbocycles. The summed E-state index contributed by atoms with van der Waals surface area (Å²) in [7, 11) is 0. The Morgan fingerprint density at radius 1 is 1.64 bits per heavy atom. The van der Waals surface area contributed by atoms with Crippen LogP contribution in [0.15, 0.2) is 5.10 Å². The van der Waals surface area contributed by atoms with Gasteiger partial charge in [-0.25, -0.2) is 5.43 Å². The van der Waals surface area contributed by atoms with Gasteiger partial charge >= 0.3 is 0 Å². The summed E-state index contributed by atoms with van der Waals surface area (Å²) in [6.07, 6.45) is 1.46. The Morgan fingerprint density at radius 3 is 2.36 bits per heavy atom. The Balaban J connectivity index is 0. The third kappa shape index (κ3) is 17.6. The van der Waals surface area contributed by atoms with Crippen molar-refractivity contribution in [2.24, 2.45) is 10.8 Å². The molecule has 0 heterocycles. The number of amides is 1. The van der Waals surface area contributed by atoms with E-state index in [0.29, 0.717) is 0 Å². The molecule has 0 aromatic rings. The third-order valence-corrected chi connectivity index (χ3v) is 0.532. The predicted molar refractivity (Wildman–Crippen MR) is 47.3 cm³/mol. The van der Waals surface area contributed by atoms with E-state index in [-0.39, 0.29) is 11.9 Å². The molecule has 1 unspecified atom stereocenters. The van der Waals surface area contributed by atoms with Gasteiger partial charge in [-0.15, -0.1) is 0 Å². The van der Waals surface area contributed by atoms with Crippen LogP contribution >= 0.6 is 0 Å². The van der Waals surface area contributed by atoms with Gasteiger partial charge < -0.3 is 5.73 Å². The fraction of sp³-hybridized carbons (Fsp3) is 0.714. The van der Waals surface area contributed by atoms with Crippen molar-refractivity contribution in [2.45, 2.75) is 33.7 Å². The zero-order chi connectivity index (χ0) is 9.28. The van der Waals surface area contributed by atoms with E-state index in [9.17, 15) is 4.79 Å². The van der Waals surface area contributed by atoms with Crippen molar-refractivity contribution in [2.75, 3.05) is 0 Å². The van der Waals surface area contributed by atoms with Crippen molar-refractivity contribution in [1.29, 1.82) is 0 Å². The molecule has 0 saturated heterocycles. The molecule has 0 aromatic carbocycles. The highest BCUT2D eigenvalue weighted by Gasteiger charge is 1.85. The lowest BCUT2D eigenvalue weighted by Gasteiger charge is -1.93. The van der Waals surface area contributed by atoms with Crippen molar-refractivity contribution < 1.29 is 4.79 Å². The fourth-order valence-electron chi connectivity index (χ4n) is 0.246. The number of nitrogens with one attached hydrogen (secondary N) is 1. The first-order chi connectivity index (χ1) is 5.13. The maximum atomic E-state index is 10.2. The van der Waals surface area contributed by atoms with E-state index >= 15 is 0 Å². The molecule has 66 valence electrons. The van der Waals surface area contributed by atoms with Crippen molar-refractivity contribution in [3.63, 3.8) is 0 Å². The minimum absolute atomic E-state index is 0.114. The molecular formula is C7H17N3O. The first kappa shape index (κ1) is 12.7. The van der Waals surface area contributed by atoms with Gasteiger partial charge in [-0.1, -0.05) is 13.8 Å². The van der Waals surface area contributed by atoms with Crippen molar-refractivity contribution in [3.05, 3.63) is 0 Å². The van der Waals surface area contributed by atoms with Crippen molar-refractivity contribution in [1.82, 2.24) is 5.43 Å². The van der Waals surface area contributed by atoms with Crippen LogP contribution in [0.25, 0.3) is 0 Å². The van der Waals surface area contributed by atoms with Crippen LogP contribution in [0.1, 0.15) is 27.7 Å². The summed E-state index contributed by atoms with van der Waals surface area (Å²) in [4.78, 5) is 10.2. The number of hydrogen-bond acceptors (Lipinski definition) is 3. The lowest BCUT2D eigenvalue weighted by molar-refractivity contribution is -0.118. The number of rotatable bonds is 2. The topological polar surface area (TPSA) is 67.5 Å². The number of nitrogens with zero attached hydrogens (tertiary/aromatic N) is 1. The minimum Gasteiger partial charge on any atom is -0.323 e. The molecular weight excluding hydrogens is 142 g/mol. The van der Waals surface area contributed by atoms with Crippen LogP contribution in [0.4, 0.5) is 0 Å². The summed E-state index contributed by atoms with van der Waals surface area (Å²) < 4.78 is 0. The number of nitrogens with two attached hydrogens (primary N) is 1. The van der Waals surface area contributed by atoms with Gasteiger partial charge in [0.1, 0.15) is 0 Å². The van der Waals surface area contributed by atoms with Gasteiger partial charge in [-0.05, 0) is 6.92 Å². The molecule has 0 radical (unpaired) electrons. The molecule has 1 amide bonds. The molecule has 0 aromatic heterocycles. The van der Waals surface area contributed by atoms with Gasteiger partial charge in [-0.3, -0.25) is 4.79 Å². The van der Waals surface area contributed by atoms with Crippen LogP contribution in [0.2, 0.25) is 0 Å². The quantitative estimate of drug-likeness (QED) is 0.454. The summed E-state index contributed by atoms with van der Waals surface area (Å²) in [6.45, 7) is 7.16. The highest BCUT2D eigenvalue weighted by Crippen LogP contribution is 1.65. The highest BCUT2D eigenvalue weighted by molar-refractivity contribution is 5.74. The molecule has 11 heavy (non-hydrogen) atoms. The third-order valence-electron chi connectivity index (χ3n) is 0.532. The zero-order valence-electron chi connectivity index (χ0n) is 7.59. The number of carbonyl (C=O) groups is 1. The van der Waals surface area contributed by atoms with E-state index in [1.807, 2.05) is 13.8 Å². The molecule has 0 spiro atoms. The van der Waals surface area contributed by atoms with Gasteiger partial charge in [0.2, 0.25) is 5.91 Å². The fourth-order valence-corrected chi connectivity index (χ4v) is 0.246. The molecule has 0 aliphatic rings. The Kier molecular flexibility index (Phi) is 10.5. The highest BCUT2D eigenvalue weighted by atomic mass is 16.2. The first-order valence-electron chi connectivity index (χ1n) is 3.68. The Bertz CT molecular complexity index is 121. The second kappa shape index (κ2) is 9.10. The summed E-state index contributed by atoms with van der Waals surface area (Å²) >= 11 is 0. The molecule has 4 nitrogen and oxygen atoms in total. The molecule has 4 heteroatoms.